The maximum absolute atomic E-state index is 13.2. The van der Waals surface area contributed by atoms with Gasteiger partial charge in [0, 0.05) is 18.6 Å². The molecular formula is C24H29F6NO2. The molecule has 1 unspecified atom stereocenters. The molecule has 0 N–H and O–H groups in total. The molecule has 3 nitrogen and oxygen atoms in total. The molecule has 0 aromatic heterocycles. The van der Waals surface area contributed by atoms with E-state index in [2.05, 4.69) is 4.90 Å². The summed E-state index contributed by atoms with van der Waals surface area (Å²) in [5.74, 6) is -3.11. The number of benzene rings is 1. The van der Waals surface area contributed by atoms with Crippen LogP contribution >= 0.6 is 0 Å². The topological polar surface area (TPSA) is 29.5 Å². The number of hydrogen-bond acceptors (Lipinski definition) is 3. The van der Waals surface area contributed by atoms with E-state index in [0.29, 0.717) is 37.8 Å². The van der Waals surface area contributed by atoms with E-state index in [-0.39, 0.29) is 43.7 Å². The lowest BCUT2D eigenvalue weighted by Gasteiger charge is -2.43. The lowest BCUT2D eigenvalue weighted by atomic mass is 9.75. The largest absolute Gasteiger partial charge is 0.465 e. The number of methoxy groups -OCH3 is 1. The molecule has 0 amide bonds. The van der Waals surface area contributed by atoms with E-state index in [4.69, 9.17) is 4.74 Å². The van der Waals surface area contributed by atoms with Crippen molar-refractivity contribution >= 4 is 5.97 Å². The summed E-state index contributed by atoms with van der Waals surface area (Å²) in [6, 6.07) is 5.05. The highest BCUT2D eigenvalue weighted by atomic mass is 19.4. The minimum Gasteiger partial charge on any atom is -0.465 e. The summed E-state index contributed by atoms with van der Waals surface area (Å²) >= 11 is 0. The van der Waals surface area contributed by atoms with Crippen LogP contribution in [0.4, 0.5) is 26.3 Å². The van der Waals surface area contributed by atoms with E-state index in [1.165, 1.54) is 7.11 Å². The van der Waals surface area contributed by atoms with Crippen LogP contribution in [0, 0.1) is 17.8 Å². The summed E-state index contributed by atoms with van der Waals surface area (Å²) < 4.78 is 84.1. The number of rotatable bonds is 3. The number of carbonyl (C=O) groups excluding carboxylic acids is 1. The molecule has 1 aromatic rings. The molecule has 0 bridgehead atoms. The summed E-state index contributed by atoms with van der Waals surface area (Å²) in [6.45, 7) is 0.409. The molecule has 2 fully saturated rings. The average molecular weight is 477 g/mol. The molecular weight excluding hydrogens is 448 g/mol. The average Bonchev–Trinajstić information content (AvgIpc) is 3.17. The molecule has 33 heavy (non-hydrogen) atoms. The molecule has 1 aliphatic heterocycles. The van der Waals surface area contributed by atoms with Crippen LogP contribution < -0.4 is 0 Å². The predicted octanol–water partition coefficient (Wildman–Crippen LogP) is 6.82. The lowest BCUT2D eigenvalue weighted by Crippen LogP contribution is -2.42. The molecule has 0 spiro atoms. The van der Waals surface area contributed by atoms with Crippen LogP contribution in [-0.2, 0) is 11.3 Å². The minimum atomic E-state index is -4.20. The summed E-state index contributed by atoms with van der Waals surface area (Å²) in [6.07, 6.45) is -6.58. The molecule has 1 atom stereocenters. The van der Waals surface area contributed by atoms with Gasteiger partial charge in [-0.1, -0.05) is 12.1 Å². The van der Waals surface area contributed by atoms with Crippen molar-refractivity contribution in [3.63, 3.8) is 0 Å². The number of esters is 1. The first-order valence-electron chi connectivity index (χ1n) is 11.6. The van der Waals surface area contributed by atoms with E-state index < -0.39 is 30.2 Å². The summed E-state index contributed by atoms with van der Waals surface area (Å²) in [7, 11) is 1.29. The van der Waals surface area contributed by atoms with E-state index in [1.807, 2.05) is 6.07 Å². The van der Waals surface area contributed by atoms with E-state index in [9.17, 15) is 31.1 Å². The molecule has 1 heterocycles. The van der Waals surface area contributed by atoms with Crippen LogP contribution in [0.1, 0.15) is 78.9 Å². The zero-order valence-corrected chi connectivity index (χ0v) is 18.5. The zero-order chi connectivity index (χ0) is 24.0. The van der Waals surface area contributed by atoms with Gasteiger partial charge in [-0.15, -0.1) is 0 Å². The normalized spacial score (nSPS) is 31.3. The standard InChI is InChI=1S/C24H29F6NO2/c1-33-22(32)19-4-2-3-18-20(19)13-31(17-11-9-16(10-12-17)24(28,29)30)21(18)14-5-7-15(8-6-14)23(25,26)27/h2-4,14-17,21H,5-13H2,1H3. The first-order chi connectivity index (χ1) is 15.5. The smallest absolute Gasteiger partial charge is 0.391 e. The third-order valence-corrected chi connectivity index (χ3v) is 7.94. The Labute approximate surface area is 189 Å². The highest BCUT2D eigenvalue weighted by molar-refractivity contribution is 5.91. The number of carbonyl (C=O) groups is 1. The van der Waals surface area contributed by atoms with Crippen molar-refractivity contribution in [1.82, 2.24) is 4.90 Å². The second-order valence-corrected chi connectivity index (χ2v) is 9.68. The van der Waals surface area contributed by atoms with Crippen molar-refractivity contribution in [2.75, 3.05) is 7.11 Å². The van der Waals surface area contributed by atoms with Gasteiger partial charge in [-0.25, -0.2) is 4.79 Å². The maximum atomic E-state index is 13.2. The second kappa shape index (κ2) is 9.12. The highest BCUT2D eigenvalue weighted by Crippen LogP contribution is 2.51. The van der Waals surface area contributed by atoms with Crippen molar-refractivity contribution in [3.8, 4) is 0 Å². The minimum absolute atomic E-state index is 0.0295. The summed E-state index contributed by atoms with van der Waals surface area (Å²) in [4.78, 5) is 14.5. The molecule has 2 aliphatic carbocycles. The predicted molar refractivity (Wildman–Crippen MR) is 109 cm³/mol. The maximum Gasteiger partial charge on any atom is 0.391 e. The van der Waals surface area contributed by atoms with Gasteiger partial charge in [0.15, 0.2) is 0 Å². The Bertz CT molecular complexity index is 851. The van der Waals surface area contributed by atoms with Crippen LogP contribution in [0.15, 0.2) is 18.2 Å². The van der Waals surface area contributed by atoms with Crippen LogP contribution in [-0.4, -0.2) is 36.4 Å². The monoisotopic (exact) mass is 477 g/mol. The van der Waals surface area contributed by atoms with Gasteiger partial charge in [-0.05, 0) is 74.5 Å². The first-order valence-corrected chi connectivity index (χ1v) is 11.6. The van der Waals surface area contributed by atoms with Gasteiger partial charge < -0.3 is 4.74 Å². The van der Waals surface area contributed by atoms with Gasteiger partial charge in [0.25, 0.3) is 0 Å². The van der Waals surface area contributed by atoms with Crippen LogP contribution in [0.5, 0.6) is 0 Å². The number of ether oxygens (including phenoxy) is 1. The SMILES string of the molecule is COC(=O)c1cccc2c1CN(C1CCC(C(F)(F)F)CC1)C2C1CCC(C(F)(F)F)CC1. The van der Waals surface area contributed by atoms with Crippen LogP contribution in [0.25, 0.3) is 0 Å². The molecule has 0 radical (unpaired) electrons. The Kier molecular flexibility index (Phi) is 6.73. The quantitative estimate of drug-likeness (QED) is 0.353. The molecule has 9 heteroatoms. The Morgan fingerprint density at radius 2 is 1.42 bits per heavy atom. The van der Waals surface area contributed by atoms with E-state index >= 15 is 0 Å². The third-order valence-electron chi connectivity index (χ3n) is 7.94. The Hall–Kier alpha value is -1.77. The lowest BCUT2D eigenvalue weighted by molar-refractivity contribution is -0.188. The van der Waals surface area contributed by atoms with Gasteiger partial charge in [0.05, 0.1) is 24.5 Å². The first kappa shape index (κ1) is 24.4. The fourth-order valence-corrected chi connectivity index (χ4v) is 6.20. The Balaban J connectivity index is 1.60. The number of nitrogens with zero attached hydrogens (tertiary/aromatic N) is 1. The van der Waals surface area contributed by atoms with Crippen LogP contribution in [0.3, 0.4) is 0 Å². The van der Waals surface area contributed by atoms with Crippen molar-refractivity contribution in [1.29, 1.82) is 0 Å². The van der Waals surface area contributed by atoms with Crippen molar-refractivity contribution < 1.29 is 35.9 Å². The van der Waals surface area contributed by atoms with Crippen LogP contribution in [0.2, 0.25) is 0 Å². The molecule has 2 saturated carbocycles. The number of alkyl halides is 6. The number of halogens is 6. The third kappa shape index (κ3) is 4.88. The number of hydrogen-bond donors (Lipinski definition) is 0. The molecule has 4 rings (SSSR count). The molecule has 1 aromatic carbocycles. The van der Waals surface area contributed by atoms with Gasteiger partial charge in [0.1, 0.15) is 0 Å². The van der Waals surface area contributed by atoms with Gasteiger partial charge in [0.2, 0.25) is 0 Å². The summed E-state index contributed by atoms with van der Waals surface area (Å²) in [5, 5.41) is 0. The van der Waals surface area contributed by atoms with E-state index in [0.717, 1.165) is 11.1 Å². The summed E-state index contributed by atoms with van der Waals surface area (Å²) in [5.41, 5.74) is 2.13. The van der Waals surface area contributed by atoms with Gasteiger partial charge >= 0.3 is 18.3 Å². The van der Waals surface area contributed by atoms with E-state index in [1.54, 1.807) is 12.1 Å². The molecule has 184 valence electrons. The Morgan fingerprint density at radius 1 is 0.879 bits per heavy atom. The van der Waals surface area contributed by atoms with Gasteiger partial charge in [-0.3, -0.25) is 4.90 Å². The van der Waals surface area contributed by atoms with Crippen molar-refractivity contribution in [2.45, 2.75) is 82.3 Å². The highest BCUT2D eigenvalue weighted by Gasteiger charge is 2.48. The fraction of sp³-hybridized carbons (Fsp3) is 0.708. The number of fused-ring (bicyclic) bond motifs is 1. The zero-order valence-electron chi connectivity index (χ0n) is 18.5. The fourth-order valence-electron chi connectivity index (χ4n) is 6.20. The van der Waals surface area contributed by atoms with Gasteiger partial charge in [-0.2, -0.15) is 26.3 Å². The van der Waals surface area contributed by atoms with Crippen molar-refractivity contribution in [3.05, 3.63) is 34.9 Å². The molecule has 0 saturated heterocycles. The van der Waals surface area contributed by atoms with Crippen molar-refractivity contribution in [2.24, 2.45) is 17.8 Å². The molecule has 3 aliphatic rings. The Morgan fingerprint density at radius 3 is 1.94 bits per heavy atom. The second-order valence-electron chi connectivity index (χ2n) is 9.68.